The lowest BCUT2D eigenvalue weighted by atomic mass is 10.0. The fourth-order valence-electron chi connectivity index (χ4n) is 7.71. The summed E-state index contributed by atoms with van der Waals surface area (Å²) >= 11 is 0. The van der Waals surface area contributed by atoms with Gasteiger partial charge in [-0.15, -0.1) is 0 Å². The molecule has 2 N–H and O–H groups in total. The molecule has 0 aromatic rings. The fraction of sp³-hybridized carbons (Fsp3) is 0.941. The summed E-state index contributed by atoms with van der Waals surface area (Å²) in [5, 5.41) is 17.8. The van der Waals surface area contributed by atoms with E-state index in [0.717, 1.165) is 70.6 Å². The van der Waals surface area contributed by atoms with E-state index in [4.69, 9.17) is 19.7 Å². The average Bonchev–Trinajstić information content (AvgIpc) is 3.24. The van der Waals surface area contributed by atoms with E-state index in [0.29, 0.717) is 32.5 Å². The smallest absolute Gasteiger partial charge is 0.342 e. The van der Waals surface area contributed by atoms with Crippen molar-refractivity contribution in [2.45, 2.75) is 283 Å². The second kappa shape index (κ2) is 49.9. The summed E-state index contributed by atoms with van der Waals surface area (Å²) in [7, 11) is 0. The average molecular weight is 855 g/mol. The minimum atomic E-state index is -1.03. The van der Waals surface area contributed by atoms with Crippen molar-refractivity contribution in [3.05, 3.63) is 0 Å². The minimum absolute atomic E-state index is 0.00112. The molecule has 356 valence electrons. The maximum Gasteiger partial charge on any atom is 0.342 e. The molecule has 0 rings (SSSR count). The van der Waals surface area contributed by atoms with Crippen molar-refractivity contribution in [1.29, 1.82) is 0 Å². The van der Waals surface area contributed by atoms with Crippen molar-refractivity contribution < 1.29 is 43.8 Å². The highest BCUT2D eigenvalue weighted by Crippen LogP contribution is 2.16. The molecule has 9 nitrogen and oxygen atoms in total. The SMILES string of the molecule is CCCCCCCCCCCCCCCC(=O)OCCCCCCCCCCCCCCCC(=O)OCCCCCCCCCCCCCCCC(=O)OOCC(O)CO. The molecule has 60 heavy (non-hydrogen) atoms. The monoisotopic (exact) mass is 855 g/mol. The number of ether oxygens (including phenoxy) is 2. The van der Waals surface area contributed by atoms with Gasteiger partial charge in [0.05, 0.1) is 19.8 Å². The van der Waals surface area contributed by atoms with Gasteiger partial charge in [-0.25, -0.2) is 4.79 Å². The van der Waals surface area contributed by atoms with E-state index in [2.05, 4.69) is 16.7 Å². The lowest BCUT2D eigenvalue weighted by molar-refractivity contribution is -0.282. The van der Waals surface area contributed by atoms with E-state index in [1.165, 1.54) is 180 Å². The van der Waals surface area contributed by atoms with E-state index < -0.39 is 18.7 Å². The molecular weight excluding hydrogens is 757 g/mol. The van der Waals surface area contributed by atoms with Gasteiger partial charge >= 0.3 is 17.9 Å². The molecule has 0 heterocycles. The van der Waals surface area contributed by atoms with Gasteiger partial charge in [0.2, 0.25) is 0 Å². The van der Waals surface area contributed by atoms with Gasteiger partial charge in [0.25, 0.3) is 0 Å². The maximum atomic E-state index is 12.1. The van der Waals surface area contributed by atoms with Gasteiger partial charge in [0.15, 0.2) is 0 Å². The third-order valence-electron chi connectivity index (χ3n) is 11.7. The first-order valence-electron chi connectivity index (χ1n) is 25.9. The van der Waals surface area contributed by atoms with Crippen LogP contribution in [-0.2, 0) is 33.6 Å². The summed E-state index contributed by atoms with van der Waals surface area (Å²) in [4.78, 5) is 44.8. The quantitative estimate of drug-likeness (QED) is 0.0266. The number of aliphatic hydroxyl groups is 2. The highest BCUT2D eigenvalue weighted by Gasteiger charge is 2.08. The van der Waals surface area contributed by atoms with E-state index in [1.807, 2.05) is 0 Å². The lowest BCUT2D eigenvalue weighted by Crippen LogP contribution is -2.20. The van der Waals surface area contributed by atoms with Crippen LogP contribution in [0.1, 0.15) is 277 Å². The van der Waals surface area contributed by atoms with E-state index >= 15 is 0 Å². The van der Waals surface area contributed by atoms with Crippen LogP contribution in [0.5, 0.6) is 0 Å². The summed E-state index contributed by atoms with van der Waals surface area (Å²) in [6.07, 6.45) is 48.5. The molecule has 0 aromatic carbocycles. The highest BCUT2D eigenvalue weighted by molar-refractivity contribution is 5.69. The van der Waals surface area contributed by atoms with Crippen LogP contribution in [0.3, 0.4) is 0 Å². The van der Waals surface area contributed by atoms with Crippen molar-refractivity contribution in [1.82, 2.24) is 0 Å². The Balaban J connectivity index is 3.24. The molecule has 9 heteroatoms. The third-order valence-corrected chi connectivity index (χ3v) is 11.7. The summed E-state index contributed by atoms with van der Waals surface area (Å²) in [5.41, 5.74) is 0. The number of carbonyl (C=O) groups is 3. The molecule has 1 atom stereocenters. The first kappa shape index (κ1) is 58.3. The van der Waals surface area contributed by atoms with Crippen LogP contribution >= 0.6 is 0 Å². The maximum absolute atomic E-state index is 12.1. The normalized spacial score (nSPS) is 11.8. The van der Waals surface area contributed by atoms with Crippen molar-refractivity contribution in [2.75, 3.05) is 26.4 Å². The predicted octanol–water partition coefficient (Wildman–Crippen LogP) is 14.3. The Labute approximate surface area is 369 Å². The first-order chi connectivity index (χ1) is 29.5. The standard InChI is InChI=1S/C51H98O9/c1-2-3-4-5-6-7-8-11-16-21-26-31-36-41-49(54)57-44-39-34-29-24-19-14-9-12-17-22-27-32-37-42-50(55)58-45-40-35-30-25-20-15-10-13-18-23-28-33-38-43-51(56)60-59-47-48(53)46-52/h48,52-53H,2-47H2,1H3. The zero-order chi connectivity index (χ0) is 43.7. The molecule has 0 aromatic heterocycles. The summed E-state index contributed by atoms with van der Waals surface area (Å²) in [5.74, 6) is -0.462. The predicted molar refractivity (Wildman–Crippen MR) is 247 cm³/mol. The summed E-state index contributed by atoms with van der Waals surface area (Å²) in [6.45, 7) is 2.80. The Morgan fingerprint density at radius 1 is 0.367 bits per heavy atom. The molecule has 0 saturated heterocycles. The number of aliphatic hydroxyl groups excluding tert-OH is 2. The molecule has 0 aliphatic carbocycles. The Morgan fingerprint density at radius 3 is 0.900 bits per heavy atom. The first-order valence-corrected chi connectivity index (χ1v) is 25.9. The molecule has 0 aliphatic heterocycles. The van der Waals surface area contributed by atoms with Crippen LogP contribution in [0.15, 0.2) is 0 Å². The van der Waals surface area contributed by atoms with Gasteiger partial charge in [-0.2, -0.15) is 4.89 Å². The summed E-state index contributed by atoms with van der Waals surface area (Å²) < 4.78 is 10.9. The van der Waals surface area contributed by atoms with Crippen molar-refractivity contribution in [2.24, 2.45) is 0 Å². The molecule has 0 radical (unpaired) electrons. The number of rotatable bonds is 50. The van der Waals surface area contributed by atoms with Crippen molar-refractivity contribution >= 4 is 17.9 Å². The molecule has 0 bridgehead atoms. The van der Waals surface area contributed by atoms with Crippen molar-refractivity contribution in [3.8, 4) is 0 Å². The molecule has 0 fully saturated rings. The van der Waals surface area contributed by atoms with Crippen LogP contribution in [0.25, 0.3) is 0 Å². The van der Waals surface area contributed by atoms with Crippen LogP contribution in [0.2, 0.25) is 0 Å². The fourth-order valence-corrected chi connectivity index (χ4v) is 7.71. The van der Waals surface area contributed by atoms with E-state index in [1.54, 1.807) is 0 Å². The molecule has 0 spiro atoms. The summed E-state index contributed by atoms with van der Waals surface area (Å²) in [6, 6.07) is 0. The van der Waals surface area contributed by atoms with Gasteiger partial charge in [0, 0.05) is 19.3 Å². The third kappa shape index (κ3) is 49.0. The molecule has 0 amide bonds. The highest BCUT2D eigenvalue weighted by atomic mass is 17.2. The van der Waals surface area contributed by atoms with Gasteiger partial charge in [-0.3, -0.25) is 14.5 Å². The van der Waals surface area contributed by atoms with Crippen LogP contribution in [0.4, 0.5) is 0 Å². The van der Waals surface area contributed by atoms with E-state index in [9.17, 15) is 14.4 Å². The molecular formula is C51H98O9. The topological polar surface area (TPSA) is 129 Å². The Hall–Kier alpha value is -1.71. The Kier molecular flexibility index (Phi) is 48.5. The lowest BCUT2D eigenvalue weighted by Gasteiger charge is -2.07. The van der Waals surface area contributed by atoms with Gasteiger partial charge in [0.1, 0.15) is 12.7 Å². The van der Waals surface area contributed by atoms with Crippen LogP contribution < -0.4 is 0 Å². The Morgan fingerprint density at radius 2 is 0.617 bits per heavy atom. The molecule has 0 saturated carbocycles. The molecule has 1 unspecified atom stereocenters. The second-order valence-corrected chi connectivity index (χ2v) is 17.7. The molecule has 0 aliphatic rings. The number of hydrogen-bond donors (Lipinski definition) is 2. The largest absolute Gasteiger partial charge is 0.466 e. The zero-order valence-electron chi connectivity index (χ0n) is 39.4. The van der Waals surface area contributed by atoms with Gasteiger partial charge in [-0.05, 0) is 32.1 Å². The number of carbonyl (C=O) groups excluding carboxylic acids is 3. The second-order valence-electron chi connectivity index (χ2n) is 17.7. The number of esters is 2. The number of hydrogen-bond acceptors (Lipinski definition) is 9. The minimum Gasteiger partial charge on any atom is -0.466 e. The van der Waals surface area contributed by atoms with E-state index in [-0.39, 0.29) is 18.5 Å². The van der Waals surface area contributed by atoms with Crippen LogP contribution in [-0.4, -0.2) is 60.7 Å². The zero-order valence-corrected chi connectivity index (χ0v) is 39.4. The van der Waals surface area contributed by atoms with Gasteiger partial charge in [-0.1, -0.05) is 225 Å². The van der Waals surface area contributed by atoms with Crippen molar-refractivity contribution in [3.63, 3.8) is 0 Å². The Bertz CT molecular complexity index is 898. The van der Waals surface area contributed by atoms with Gasteiger partial charge < -0.3 is 19.7 Å². The van der Waals surface area contributed by atoms with Crippen LogP contribution in [0, 0.1) is 0 Å². The number of unbranched alkanes of at least 4 members (excludes halogenated alkanes) is 36.